The summed E-state index contributed by atoms with van der Waals surface area (Å²) >= 11 is 3.12. The van der Waals surface area contributed by atoms with E-state index in [1.807, 2.05) is 6.92 Å². The third kappa shape index (κ3) is 1.50. The van der Waals surface area contributed by atoms with E-state index < -0.39 is 17.0 Å². The zero-order valence-electron chi connectivity index (χ0n) is 8.80. The van der Waals surface area contributed by atoms with Crippen LogP contribution >= 0.6 is 15.9 Å². The highest BCUT2D eigenvalue weighted by molar-refractivity contribution is 9.10. The molecule has 0 saturated heterocycles. The minimum Gasteiger partial charge on any atom is -0.504 e. The molecule has 1 aromatic carbocycles. The molecule has 2 rings (SSSR count). The van der Waals surface area contributed by atoms with E-state index >= 15 is 0 Å². The standard InChI is InChI=1S/C11H13BrFNO2/c1-5(14)11(2-3-11)8-6(13)4-7(15)10(16)9(8)12/h4-5,15-16H,2-3,14H2,1H3. The summed E-state index contributed by atoms with van der Waals surface area (Å²) < 4.78 is 14.0. The van der Waals surface area contributed by atoms with Crippen LogP contribution < -0.4 is 5.73 Å². The molecule has 3 nitrogen and oxygen atoms in total. The number of halogens is 2. The third-order valence-corrected chi connectivity index (χ3v) is 4.10. The van der Waals surface area contributed by atoms with Crippen molar-refractivity contribution in [2.45, 2.75) is 31.2 Å². The van der Waals surface area contributed by atoms with Crippen LogP contribution in [0, 0.1) is 5.82 Å². The van der Waals surface area contributed by atoms with Crippen molar-refractivity contribution < 1.29 is 14.6 Å². The van der Waals surface area contributed by atoms with E-state index in [-0.39, 0.29) is 16.3 Å². The summed E-state index contributed by atoms with van der Waals surface area (Å²) in [5.41, 5.74) is 5.82. The minimum atomic E-state index is -0.531. The third-order valence-electron chi connectivity index (χ3n) is 3.33. The van der Waals surface area contributed by atoms with Crippen LogP contribution in [-0.2, 0) is 5.41 Å². The van der Waals surface area contributed by atoms with Crippen LogP contribution in [0.4, 0.5) is 4.39 Å². The van der Waals surface area contributed by atoms with Gasteiger partial charge in [-0.1, -0.05) is 0 Å². The van der Waals surface area contributed by atoms with Gasteiger partial charge in [-0.2, -0.15) is 0 Å². The molecule has 4 N–H and O–H groups in total. The highest BCUT2D eigenvalue weighted by Gasteiger charge is 2.50. The van der Waals surface area contributed by atoms with Crippen molar-refractivity contribution in [2.75, 3.05) is 0 Å². The smallest absolute Gasteiger partial charge is 0.172 e. The first-order chi connectivity index (χ1) is 7.40. The topological polar surface area (TPSA) is 66.5 Å². The summed E-state index contributed by atoms with van der Waals surface area (Å²) in [5, 5.41) is 18.9. The molecule has 1 aliphatic rings. The molecule has 88 valence electrons. The molecule has 1 unspecified atom stereocenters. The summed E-state index contributed by atoms with van der Waals surface area (Å²) in [7, 11) is 0. The SMILES string of the molecule is CC(N)C1(c2c(F)cc(O)c(O)c2Br)CC1. The second-order valence-electron chi connectivity index (χ2n) is 4.36. The lowest BCUT2D eigenvalue weighted by Crippen LogP contribution is -2.32. The Morgan fingerprint density at radius 3 is 2.50 bits per heavy atom. The van der Waals surface area contributed by atoms with Crippen molar-refractivity contribution >= 4 is 15.9 Å². The summed E-state index contributed by atoms with van der Waals surface area (Å²) in [6.45, 7) is 1.82. The van der Waals surface area contributed by atoms with Gasteiger partial charge in [-0.3, -0.25) is 0 Å². The minimum absolute atomic E-state index is 0.192. The molecule has 0 bridgehead atoms. The lowest BCUT2D eigenvalue weighted by atomic mass is 9.89. The average molecular weight is 290 g/mol. The van der Waals surface area contributed by atoms with E-state index in [1.165, 1.54) is 0 Å². The van der Waals surface area contributed by atoms with Crippen LogP contribution in [0.15, 0.2) is 10.5 Å². The van der Waals surface area contributed by atoms with E-state index in [1.54, 1.807) is 0 Å². The number of nitrogens with two attached hydrogens (primary N) is 1. The maximum absolute atomic E-state index is 13.8. The lowest BCUT2D eigenvalue weighted by molar-refractivity contribution is 0.392. The van der Waals surface area contributed by atoms with Gasteiger partial charge in [0.15, 0.2) is 11.5 Å². The van der Waals surface area contributed by atoms with Gasteiger partial charge in [0.1, 0.15) is 5.82 Å². The van der Waals surface area contributed by atoms with Crippen molar-refractivity contribution in [1.29, 1.82) is 0 Å². The Kier molecular flexibility index (Phi) is 2.62. The molecule has 0 aliphatic heterocycles. The Hall–Kier alpha value is -0.810. The quantitative estimate of drug-likeness (QED) is 0.733. The predicted octanol–water partition coefficient (Wildman–Crippen LogP) is 2.38. The van der Waals surface area contributed by atoms with Gasteiger partial charge in [-0.05, 0) is 35.7 Å². The van der Waals surface area contributed by atoms with Gasteiger partial charge in [0.05, 0.1) is 4.47 Å². The van der Waals surface area contributed by atoms with Gasteiger partial charge in [0, 0.05) is 23.1 Å². The summed E-state index contributed by atoms with van der Waals surface area (Å²) in [4.78, 5) is 0. The largest absolute Gasteiger partial charge is 0.504 e. The van der Waals surface area contributed by atoms with Crippen LogP contribution in [0.1, 0.15) is 25.3 Å². The molecule has 16 heavy (non-hydrogen) atoms. The van der Waals surface area contributed by atoms with Gasteiger partial charge in [0.25, 0.3) is 0 Å². The maximum Gasteiger partial charge on any atom is 0.172 e. The van der Waals surface area contributed by atoms with E-state index in [0.717, 1.165) is 18.9 Å². The summed E-state index contributed by atoms with van der Waals surface area (Å²) in [6, 6.07) is 0.736. The fourth-order valence-electron chi connectivity index (χ4n) is 2.12. The van der Waals surface area contributed by atoms with E-state index in [0.29, 0.717) is 5.56 Å². The monoisotopic (exact) mass is 289 g/mol. The van der Waals surface area contributed by atoms with Crippen molar-refractivity contribution in [3.8, 4) is 11.5 Å². The Morgan fingerprint density at radius 2 is 2.06 bits per heavy atom. The lowest BCUT2D eigenvalue weighted by Gasteiger charge is -2.22. The van der Waals surface area contributed by atoms with Crippen LogP contribution in [0.3, 0.4) is 0 Å². The molecule has 0 amide bonds. The highest BCUT2D eigenvalue weighted by Crippen LogP contribution is 2.55. The van der Waals surface area contributed by atoms with Crippen LogP contribution in [-0.4, -0.2) is 16.3 Å². The van der Waals surface area contributed by atoms with E-state index in [4.69, 9.17) is 5.73 Å². The number of phenolic OH excluding ortho intramolecular Hbond substituents is 2. The van der Waals surface area contributed by atoms with Crippen molar-refractivity contribution in [2.24, 2.45) is 5.73 Å². The molecular formula is C11H13BrFNO2. The highest BCUT2D eigenvalue weighted by atomic mass is 79.9. The van der Waals surface area contributed by atoms with Gasteiger partial charge in [-0.25, -0.2) is 4.39 Å². The zero-order valence-corrected chi connectivity index (χ0v) is 10.4. The van der Waals surface area contributed by atoms with Gasteiger partial charge >= 0.3 is 0 Å². The first kappa shape index (κ1) is 11.7. The second-order valence-corrected chi connectivity index (χ2v) is 5.15. The van der Waals surface area contributed by atoms with E-state index in [2.05, 4.69) is 15.9 Å². The number of hydrogen-bond acceptors (Lipinski definition) is 3. The molecule has 0 aromatic heterocycles. The number of aromatic hydroxyl groups is 2. The zero-order chi connectivity index (χ0) is 12.1. The number of phenols is 2. The van der Waals surface area contributed by atoms with Crippen molar-refractivity contribution in [3.05, 3.63) is 21.9 Å². The molecule has 0 heterocycles. The Bertz CT molecular complexity index is 444. The fraction of sp³-hybridized carbons (Fsp3) is 0.455. The molecule has 5 heteroatoms. The van der Waals surface area contributed by atoms with Crippen LogP contribution in [0.5, 0.6) is 11.5 Å². The van der Waals surface area contributed by atoms with Crippen molar-refractivity contribution in [1.82, 2.24) is 0 Å². The molecule has 1 atom stereocenters. The molecule has 1 aromatic rings. The van der Waals surface area contributed by atoms with Crippen molar-refractivity contribution in [3.63, 3.8) is 0 Å². The average Bonchev–Trinajstić information content (AvgIpc) is 2.96. The van der Waals surface area contributed by atoms with Gasteiger partial charge in [0.2, 0.25) is 0 Å². The molecule has 1 aliphatic carbocycles. The number of rotatable bonds is 2. The summed E-state index contributed by atoms with van der Waals surface area (Å²) in [6.07, 6.45) is 1.59. The van der Waals surface area contributed by atoms with E-state index in [9.17, 15) is 14.6 Å². The molecular weight excluding hydrogens is 277 g/mol. The Labute approximate surface area is 101 Å². The fourth-order valence-corrected chi connectivity index (χ4v) is 2.91. The normalized spacial score (nSPS) is 19.5. The Balaban J connectivity index is 2.62. The van der Waals surface area contributed by atoms with Crippen LogP contribution in [0.25, 0.3) is 0 Å². The van der Waals surface area contributed by atoms with Gasteiger partial charge in [-0.15, -0.1) is 0 Å². The first-order valence-corrected chi connectivity index (χ1v) is 5.85. The first-order valence-electron chi connectivity index (χ1n) is 5.06. The molecule has 0 spiro atoms. The summed E-state index contributed by atoms with van der Waals surface area (Å²) in [5.74, 6) is -1.33. The van der Waals surface area contributed by atoms with Gasteiger partial charge < -0.3 is 15.9 Å². The molecule has 1 saturated carbocycles. The number of hydrogen-bond donors (Lipinski definition) is 3. The predicted molar refractivity (Wildman–Crippen MR) is 62.0 cm³/mol. The van der Waals surface area contributed by atoms with Crippen LogP contribution in [0.2, 0.25) is 0 Å². The Morgan fingerprint density at radius 1 is 1.50 bits per heavy atom. The number of benzene rings is 1. The molecule has 0 radical (unpaired) electrons. The maximum atomic E-state index is 13.8. The second kappa shape index (κ2) is 3.60. The molecule has 1 fully saturated rings.